The maximum atomic E-state index is 12.0. The van der Waals surface area contributed by atoms with Gasteiger partial charge in [-0.05, 0) is 17.5 Å². The molecule has 0 bridgehead atoms. The van der Waals surface area contributed by atoms with E-state index >= 15 is 0 Å². The van der Waals surface area contributed by atoms with Crippen molar-refractivity contribution in [1.82, 2.24) is 4.57 Å². The van der Waals surface area contributed by atoms with Gasteiger partial charge < -0.3 is 4.57 Å². The van der Waals surface area contributed by atoms with Gasteiger partial charge in [0.15, 0.2) is 0 Å². The lowest BCUT2D eigenvalue weighted by Gasteiger charge is -2.03. The van der Waals surface area contributed by atoms with E-state index in [2.05, 4.69) is 6.07 Å². The maximum Gasteiger partial charge on any atom is 0.259 e. The van der Waals surface area contributed by atoms with Gasteiger partial charge >= 0.3 is 0 Å². The standard InChI is InChI=1S/C11H9NOS/c13-11-9-4-2-1-3-8(9)7-10-12(11)5-6-14-10/h1-4,7H,5-6H2. The van der Waals surface area contributed by atoms with Crippen molar-refractivity contribution in [3.63, 3.8) is 0 Å². The summed E-state index contributed by atoms with van der Waals surface area (Å²) in [6.45, 7) is 0.851. The van der Waals surface area contributed by atoms with Crippen LogP contribution in [0, 0.1) is 0 Å². The Morgan fingerprint density at radius 2 is 2.14 bits per heavy atom. The molecule has 0 spiro atoms. The van der Waals surface area contributed by atoms with Crippen molar-refractivity contribution in [2.24, 2.45) is 0 Å². The predicted molar refractivity (Wildman–Crippen MR) is 58.9 cm³/mol. The van der Waals surface area contributed by atoms with Crippen molar-refractivity contribution < 1.29 is 0 Å². The summed E-state index contributed by atoms with van der Waals surface area (Å²) in [4.78, 5) is 12.0. The molecule has 0 fully saturated rings. The molecule has 0 aliphatic carbocycles. The van der Waals surface area contributed by atoms with Crippen LogP contribution in [0.15, 0.2) is 40.2 Å². The van der Waals surface area contributed by atoms with Crippen LogP contribution in [-0.2, 0) is 6.54 Å². The number of pyridine rings is 1. The van der Waals surface area contributed by atoms with Crippen LogP contribution in [0.25, 0.3) is 10.8 Å². The molecule has 14 heavy (non-hydrogen) atoms. The molecule has 2 aromatic rings. The topological polar surface area (TPSA) is 22.0 Å². The highest BCUT2D eigenvalue weighted by Crippen LogP contribution is 2.26. The predicted octanol–water partition coefficient (Wildman–Crippen LogP) is 2.11. The van der Waals surface area contributed by atoms with Gasteiger partial charge in [0.05, 0.1) is 5.03 Å². The molecule has 1 aromatic heterocycles. The Hall–Kier alpha value is -1.22. The van der Waals surface area contributed by atoms with Crippen molar-refractivity contribution >= 4 is 22.5 Å². The first-order valence-corrected chi connectivity index (χ1v) is 5.60. The number of aromatic nitrogens is 1. The molecule has 0 radical (unpaired) electrons. The van der Waals surface area contributed by atoms with Gasteiger partial charge in [0, 0.05) is 17.7 Å². The normalized spacial score (nSPS) is 14.6. The zero-order chi connectivity index (χ0) is 9.54. The lowest BCUT2D eigenvalue weighted by molar-refractivity contribution is 0.702. The third-order valence-corrected chi connectivity index (χ3v) is 3.57. The zero-order valence-corrected chi connectivity index (χ0v) is 8.38. The minimum Gasteiger partial charge on any atom is -0.302 e. The molecule has 70 valence electrons. The molecule has 0 amide bonds. The summed E-state index contributed by atoms with van der Waals surface area (Å²) < 4.78 is 1.87. The Bertz CT molecular complexity index is 559. The average molecular weight is 203 g/mol. The lowest BCUT2D eigenvalue weighted by Crippen LogP contribution is -2.18. The van der Waals surface area contributed by atoms with Crippen LogP contribution in [0.1, 0.15) is 0 Å². The van der Waals surface area contributed by atoms with Crippen LogP contribution >= 0.6 is 11.8 Å². The molecular weight excluding hydrogens is 194 g/mol. The zero-order valence-electron chi connectivity index (χ0n) is 7.56. The fourth-order valence-electron chi connectivity index (χ4n) is 1.85. The quantitative estimate of drug-likeness (QED) is 0.654. The smallest absolute Gasteiger partial charge is 0.259 e. The Morgan fingerprint density at radius 1 is 1.29 bits per heavy atom. The fourth-order valence-corrected chi connectivity index (χ4v) is 2.87. The van der Waals surface area contributed by atoms with Gasteiger partial charge in [0.25, 0.3) is 5.56 Å². The van der Waals surface area contributed by atoms with Gasteiger partial charge in [-0.15, -0.1) is 11.8 Å². The third kappa shape index (κ3) is 1.02. The SMILES string of the molecule is O=c1c2ccccc2cc2n1CCS2. The highest BCUT2D eigenvalue weighted by molar-refractivity contribution is 7.99. The van der Waals surface area contributed by atoms with Gasteiger partial charge in [-0.1, -0.05) is 18.2 Å². The summed E-state index contributed by atoms with van der Waals surface area (Å²) in [5, 5.41) is 2.99. The van der Waals surface area contributed by atoms with E-state index in [0.717, 1.165) is 28.1 Å². The first-order valence-electron chi connectivity index (χ1n) is 4.62. The second-order valence-electron chi connectivity index (χ2n) is 3.38. The van der Waals surface area contributed by atoms with E-state index < -0.39 is 0 Å². The molecule has 0 unspecified atom stereocenters. The number of hydrogen-bond donors (Lipinski definition) is 0. The van der Waals surface area contributed by atoms with Gasteiger partial charge in [-0.2, -0.15) is 0 Å². The van der Waals surface area contributed by atoms with Crippen molar-refractivity contribution in [1.29, 1.82) is 0 Å². The molecule has 3 heteroatoms. The van der Waals surface area contributed by atoms with Gasteiger partial charge in [-0.25, -0.2) is 0 Å². The van der Waals surface area contributed by atoms with E-state index in [4.69, 9.17) is 0 Å². The molecule has 0 N–H and O–H groups in total. The molecule has 2 heterocycles. The number of thioether (sulfide) groups is 1. The van der Waals surface area contributed by atoms with Crippen LogP contribution in [0.5, 0.6) is 0 Å². The number of rotatable bonds is 0. The van der Waals surface area contributed by atoms with Crippen molar-refractivity contribution in [2.45, 2.75) is 11.6 Å². The van der Waals surface area contributed by atoms with E-state index in [1.807, 2.05) is 28.8 Å². The number of benzene rings is 1. The highest BCUT2D eigenvalue weighted by Gasteiger charge is 2.13. The molecule has 2 nitrogen and oxygen atoms in total. The fraction of sp³-hybridized carbons (Fsp3) is 0.182. The Labute approximate surface area is 85.6 Å². The summed E-state index contributed by atoms with van der Waals surface area (Å²) in [6.07, 6.45) is 0. The van der Waals surface area contributed by atoms with Crippen molar-refractivity contribution in [3.8, 4) is 0 Å². The molecule has 3 rings (SSSR count). The van der Waals surface area contributed by atoms with E-state index in [-0.39, 0.29) is 5.56 Å². The van der Waals surface area contributed by atoms with E-state index in [1.54, 1.807) is 11.8 Å². The van der Waals surface area contributed by atoms with Crippen LogP contribution in [-0.4, -0.2) is 10.3 Å². The van der Waals surface area contributed by atoms with E-state index in [0.29, 0.717) is 0 Å². The van der Waals surface area contributed by atoms with Crippen molar-refractivity contribution in [3.05, 3.63) is 40.7 Å². The number of hydrogen-bond acceptors (Lipinski definition) is 2. The van der Waals surface area contributed by atoms with Gasteiger partial charge in [0.2, 0.25) is 0 Å². The Kier molecular flexibility index (Phi) is 1.67. The van der Waals surface area contributed by atoms with Crippen LogP contribution < -0.4 is 5.56 Å². The summed E-state index contributed by atoms with van der Waals surface area (Å²) in [5.41, 5.74) is 0.156. The summed E-state index contributed by atoms with van der Waals surface area (Å²) >= 11 is 1.76. The van der Waals surface area contributed by atoms with Gasteiger partial charge in [0.1, 0.15) is 0 Å². The molecule has 1 aliphatic rings. The van der Waals surface area contributed by atoms with Crippen LogP contribution in [0.2, 0.25) is 0 Å². The largest absolute Gasteiger partial charge is 0.302 e. The van der Waals surface area contributed by atoms with Crippen molar-refractivity contribution in [2.75, 3.05) is 5.75 Å². The third-order valence-electron chi connectivity index (χ3n) is 2.55. The number of fused-ring (bicyclic) bond motifs is 2. The van der Waals surface area contributed by atoms with Crippen LogP contribution in [0.4, 0.5) is 0 Å². The minimum atomic E-state index is 0.156. The monoisotopic (exact) mass is 203 g/mol. The minimum absolute atomic E-state index is 0.156. The second-order valence-corrected chi connectivity index (χ2v) is 4.49. The summed E-state index contributed by atoms with van der Waals surface area (Å²) in [7, 11) is 0. The first-order chi connectivity index (χ1) is 6.86. The molecule has 1 aromatic carbocycles. The van der Waals surface area contributed by atoms with E-state index in [1.165, 1.54) is 0 Å². The summed E-state index contributed by atoms with van der Waals surface area (Å²) in [5.74, 6) is 1.02. The highest BCUT2D eigenvalue weighted by atomic mass is 32.2. The molecular formula is C11H9NOS. The molecule has 1 aliphatic heterocycles. The van der Waals surface area contributed by atoms with Gasteiger partial charge in [-0.3, -0.25) is 4.79 Å². The maximum absolute atomic E-state index is 12.0. The van der Waals surface area contributed by atoms with Crippen LogP contribution in [0.3, 0.4) is 0 Å². The number of nitrogens with zero attached hydrogens (tertiary/aromatic N) is 1. The molecule has 0 atom stereocenters. The first kappa shape index (κ1) is 8.12. The molecule has 0 saturated carbocycles. The lowest BCUT2D eigenvalue weighted by atomic mass is 10.2. The molecule has 0 saturated heterocycles. The average Bonchev–Trinajstić information content (AvgIpc) is 2.66. The Morgan fingerprint density at radius 3 is 3.07 bits per heavy atom. The summed E-state index contributed by atoms with van der Waals surface area (Å²) in [6, 6.07) is 9.88. The Balaban J connectivity index is 2.50. The second kappa shape index (κ2) is 2.89. The van der Waals surface area contributed by atoms with E-state index in [9.17, 15) is 4.79 Å².